The van der Waals surface area contributed by atoms with Gasteiger partial charge >= 0.3 is 0 Å². The number of ether oxygens (including phenoxy) is 1. The van der Waals surface area contributed by atoms with Crippen molar-refractivity contribution in [1.29, 1.82) is 0 Å². The Morgan fingerprint density at radius 3 is 2.63 bits per heavy atom. The Kier molecular flexibility index (Phi) is 2.95. The minimum atomic E-state index is -0.848. The molecule has 0 fully saturated rings. The molecule has 0 aromatic heterocycles. The number of nitrogens with two attached hydrogens (primary N) is 1. The first-order chi connectivity index (χ1) is 9.20. The smallest absolute Gasteiger partial charge is 0.165 e. The van der Waals surface area contributed by atoms with Crippen molar-refractivity contribution in [2.75, 3.05) is 6.54 Å². The average molecular weight is 261 g/mol. The van der Waals surface area contributed by atoms with Crippen LogP contribution in [0.5, 0.6) is 5.75 Å². The third-order valence-corrected chi connectivity index (χ3v) is 3.33. The highest BCUT2D eigenvalue weighted by Crippen LogP contribution is 2.41. The Labute approximate surface area is 109 Å². The highest BCUT2D eigenvalue weighted by Gasteiger charge is 2.30. The van der Waals surface area contributed by atoms with Crippen molar-refractivity contribution in [1.82, 2.24) is 0 Å². The number of benzene rings is 2. The molecule has 2 nitrogen and oxygen atoms in total. The Balaban J connectivity index is 2.18. The molecule has 98 valence electrons. The van der Waals surface area contributed by atoms with Crippen molar-refractivity contribution in [3.05, 3.63) is 53.6 Å². The lowest BCUT2D eigenvalue weighted by Gasteiger charge is -2.11. The molecule has 3 rings (SSSR count). The van der Waals surface area contributed by atoms with Gasteiger partial charge in [0.05, 0.1) is 0 Å². The summed E-state index contributed by atoms with van der Waals surface area (Å²) < 4.78 is 33.1. The molecule has 0 saturated carbocycles. The lowest BCUT2D eigenvalue weighted by atomic mass is 9.99. The molecule has 0 bridgehead atoms. The van der Waals surface area contributed by atoms with E-state index in [1.54, 1.807) is 0 Å². The Hall–Kier alpha value is -1.94. The molecule has 2 aromatic carbocycles. The number of fused-ring (bicyclic) bond motifs is 1. The fourth-order valence-corrected chi connectivity index (χ4v) is 2.38. The second-order valence-corrected chi connectivity index (χ2v) is 4.57. The summed E-state index contributed by atoms with van der Waals surface area (Å²) in [6.45, 7) is 0.282. The molecular formula is C15H13F2NO. The van der Waals surface area contributed by atoms with Crippen LogP contribution in [0.15, 0.2) is 36.4 Å². The summed E-state index contributed by atoms with van der Waals surface area (Å²) in [6, 6.07) is 10.4. The van der Waals surface area contributed by atoms with Gasteiger partial charge in [-0.2, -0.15) is 0 Å². The highest BCUT2D eigenvalue weighted by molar-refractivity contribution is 5.73. The van der Waals surface area contributed by atoms with Gasteiger partial charge in [0.2, 0.25) is 0 Å². The molecule has 4 heteroatoms. The van der Waals surface area contributed by atoms with Gasteiger partial charge in [-0.15, -0.1) is 0 Å². The quantitative estimate of drug-likeness (QED) is 0.902. The van der Waals surface area contributed by atoms with Gasteiger partial charge in [-0.1, -0.05) is 30.3 Å². The van der Waals surface area contributed by atoms with Gasteiger partial charge in [-0.3, -0.25) is 0 Å². The number of hydrogen-bond acceptors (Lipinski definition) is 2. The Bertz CT molecular complexity index is 613. The first-order valence-electron chi connectivity index (χ1n) is 6.13. The zero-order valence-electron chi connectivity index (χ0n) is 10.2. The molecule has 1 heterocycles. The zero-order chi connectivity index (χ0) is 13.4. The van der Waals surface area contributed by atoms with Crippen molar-refractivity contribution >= 4 is 0 Å². The molecule has 1 aliphatic heterocycles. The second kappa shape index (κ2) is 4.63. The molecular weight excluding hydrogens is 248 g/mol. The molecule has 0 amide bonds. The fraction of sp³-hybridized carbons (Fsp3) is 0.200. The van der Waals surface area contributed by atoms with Crippen molar-refractivity contribution in [3.8, 4) is 16.9 Å². The normalized spacial score (nSPS) is 17.1. The molecule has 1 aliphatic rings. The summed E-state index contributed by atoms with van der Waals surface area (Å²) in [5.74, 6) is -1.26. The van der Waals surface area contributed by atoms with Crippen molar-refractivity contribution in [2.24, 2.45) is 5.73 Å². The molecule has 2 N–H and O–H groups in total. The molecule has 0 spiro atoms. The third kappa shape index (κ3) is 1.98. The van der Waals surface area contributed by atoms with Crippen molar-refractivity contribution in [3.63, 3.8) is 0 Å². The van der Waals surface area contributed by atoms with E-state index in [1.165, 1.54) is 6.07 Å². The van der Waals surface area contributed by atoms with E-state index in [1.807, 2.05) is 30.3 Å². The van der Waals surface area contributed by atoms with Crippen molar-refractivity contribution in [2.45, 2.75) is 12.5 Å². The van der Waals surface area contributed by atoms with Crippen LogP contribution in [0.1, 0.15) is 5.56 Å². The van der Waals surface area contributed by atoms with Crippen LogP contribution in [0.25, 0.3) is 11.1 Å². The zero-order valence-corrected chi connectivity index (χ0v) is 10.2. The van der Waals surface area contributed by atoms with Crippen LogP contribution in [0.3, 0.4) is 0 Å². The van der Waals surface area contributed by atoms with E-state index in [2.05, 4.69) is 0 Å². The molecule has 1 unspecified atom stereocenters. The van der Waals surface area contributed by atoms with Crippen LogP contribution in [0.4, 0.5) is 8.78 Å². The molecule has 0 aliphatic carbocycles. The van der Waals surface area contributed by atoms with Crippen LogP contribution in [0, 0.1) is 11.6 Å². The summed E-state index contributed by atoms with van der Waals surface area (Å²) >= 11 is 0. The third-order valence-electron chi connectivity index (χ3n) is 3.33. The predicted octanol–water partition coefficient (Wildman–Crippen LogP) is 2.89. The minimum Gasteiger partial charge on any atom is -0.488 e. The first-order valence-corrected chi connectivity index (χ1v) is 6.13. The molecule has 2 aromatic rings. The highest BCUT2D eigenvalue weighted by atomic mass is 19.2. The van der Waals surface area contributed by atoms with E-state index < -0.39 is 11.6 Å². The van der Waals surface area contributed by atoms with E-state index in [4.69, 9.17) is 10.5 Å². The lowest BCUT2D eigenvalue weighted by Crippen LogP contribution is -2.24. The van der Waals surface area contributed by atoms with Gasteiger partial charge in [-0.25, -0.2) is 8.78 Å². The van der Waals surface area contributed by atoms with Gasteiger partial charge in [0.15, 0.2) is 11.6 Å². The number of halogens is 2. The van der Waals surface area contributed by atoms with E-state index in [0.717, 1.165) is 5.56 Å². The van der Waals surface area contributed by atoms with Crippen molar-refractivity contribution < 1.29 is 13.5 Å². The van der Waals surface area contributed by atoms with Gasteiger partial charge < -0.3 is 10.5 Å². The second-order valence-electron chi connectivity index (χ2n) is 4.57. The Morgan fingerprint density at radius 1 is 1.21 bits per heavy atom. The first kappa shape index (κ1) is 12.1. The molecule has 0 saturated heterocycles. The standard InChI is InChI=1S/C15H13F2NO/c16-13-7-11(9-4-2-1-3-5-9)15-12(14(13)17)6-10(8-18)19-15/h1-5,7,10H,6,8,18H2. The van der Waals surface area contributed by atoms with E-state index in [-0.39, 0.29) is 18.2 Å². The number of rotatable bonds is 2. The maximum absolute atomic E-state index is 13.8. The van der Waals surface area contributed by atoms with Crippen LogP contribution in [-0.2, 0) is 6.42 Å². The van der Waals surface area contributed by atoms with Crippen LogP contribution in [0.2, 0.25) is 0 Å². The van der Waals surface area contributed by atoms with Crippen LogP contribution in [-0.4, -0.2) is 12.6 Å². The SMILES string of the molecule is NCC1Cc2c(F)c(F)cc(-c3ccccc3)c2O1. The van der Waals surface area contributed by atoms with E-state index in [0.29, 0.717) is 17.7 Å². The fourth-order valence-electron chi connectivity index (χ4n) is 2.38. The number of hydrogen-bond donors (Lipinski definition) is 1. The maximum Gasteiger partial charge on any atom is 0.165 e. The monoisotopic (exact) mass is 261 g/mol. The summed E-state index contributed by atoms with van der Waals surface area (Å²) in [7, 11) is 0. The predicted molar refractivity (Wildman–Crippen MR) is 69.0 cm³/mol. The van der Waals surface area contributed by atoms with Gasteiger partial charge in [-0.05, 0) is 11.6 Å². The Morgan fingerprint density at radius 2 is 1.95 bits per heavy atom. The molecule has 19 heavy (non-hydrogen) atoms. The maximum atomic E-state index is 13.8. The molecule has 0 radical (unpaired) electrons. The summed E-state index contributed by atoms with van der Waals surface area (Å²) in [5, 5.41) is 0. The van der Waals surface area contributed by atoms with Crippen LogP contribution >= 0.6 is 0 Å². The van der Waals surface area contributed by atoms with Gasteiger partial charge in [0.25, 0.3) is 0 Å². The van der Waals surface area contributed by atoms with E-state index in [9.17, 15) is 8.78 Å². The lowest BCUT2D eigenvalue weighted by molar-refractivity contribution is 0.242. The molecule has 1 atom stereocenters. The van der Waals surface area contributed by atoms with Gasteiger partial charge in [0, 0.05) is 24.1 Å². The van der Waals surface area contributed by atoms with Crippen LogP contribution < -0.4 is 10.5 Å². The van der Waals surface area contributed by atoms with E-state index >= 15 is 0 Å². The average Bonchev–Trinajstić information content (AvgIpc) is 2.88. The topological polar surface area (TPSA) is 35.2 Å². The minimum absolute atomic E-state index is 0.282. The van der Waals surface area contributed by atoms with Gasteiger partial charge in [0.1, 0.15) is 11.9 Å². The summed E-state index contributed by atoms with van der Waals surface area (Å²) in [4.78, 5) is 0. The summed E-state index contributed by atoms with van der Waals surface area (Å²) in [5.41, 5.74) is 7.21. The summed E-state index contributed by atoms with van der Waals surface area (Å²) in [6.07, 6.45) is 0.0312. The largest absolute Gasteiger partial charge is 0.488 e.